The number of thiol groups is 1. The maximum absolute atomic E-state index is 11.7. The molecule has 0 saturated carbocycles. The second-order valence-electron chi connectivity index (χ2n) is 5.02. The van der Waals surface area contributed by atoms with Crippen molar-refractivity contribution in [1.29, 1.82) is 0 Å². The van der Waals surface area contributed by atoms with Crippen molar-refractivity contribution in [2.45, 2.75) is 45.3 Å². The summed E-state index contributed by atoms with van der Waals surface area (Å²) in [7, 11) is 0. The molecule has 3 heteroatoms. The zero-order chi connectivity index (χ0) is 10.8. The summed E-state index contributed by atoms with van der Waals surface area (Å²) in [6.07, 6.45) is 3.45. The highest BCUT2D eigenvalue weighted by Gasteiger charge is 2.26. The summed E-state index contributed by atoms with van der Waals surface area (Å²) in [6, 6.07) is 0. The largest absolute Gasteiger partial charge is 0.342 e. The zero-order valence-electron chi connectivity index (χ0n) is 9.42. The Morgan fingerprint density at radius 3 is 2.57 bits per heavy atom. The van der Waals surface area contributed by atoms with Gasteiger partial charge in [0, 0.05) is 13.1 Å². The highest BCUT2D eigenvalue weighted by molar-refractivity contribution is 7.81. The number of carbonyl (C=O) groups excluding carboxylic acids is 1. The molecule has 1 rings (SSSR count). The van der Waals surface area contributed by atoms with Crippen LogP contribution in [-0.4, -0.2) is 29.1 Å². The van der Waals surface area contributed by atoms with Gasteiger partial charge in [0.15, 0.2) is 0 Å². The van der Waals surface area contributed by atoms with Gasteiger partial charge in [0.1, 0.15) is 0 Å². The third-order valence-corrected chi connectivity index (χ3v) is 3.23. The summed E-state index contributed by atoms with van der Waals surface area (Å²) in [6.45, 7) is 8.22. The quantitative estimate of drug-likeness (QED) is 0.666. The molecular weight excluding hydrogens is 194 g/mol. The average molecular weight is 215 g/mol. The molecule has 0 radical (unpaired) electrons. The first-order valence-electron chi connectivity index (χ1n) is 5.39. The van der Waals surface area contributed by atoms with Crippen LogP contribution in [0.5, 0.6) is 0 Å². The molecule has 14 heavy (non-hydrogen) atoms. The van der Waals surface area contributed by atoms with E-state index in [9.17, 15) is 4.79 Å². The second-order valence-corrected chi connectivity index (χ2v) is 5.79. The maximum Gasteiger partial charge on any atom is 0.235 e. The third-order valence-electron chi connectivity index (χ3n) is 3.01. The molecule has 0 aromatic rings. The van der Waals surface area contributed by atoms with Gasteiger partial charge in [0.2, 0.25) is 5.91 Å². The van der Waals surface area contributed by atoms with Crippen molar-refractivity contribution < 1.29 is 4.79 Å². The number of hydrogen-bond acceptors (Lipinski definition) is 2. The molecule has 0 spiro atoms. The van der Waals surface area contributed by atoms with Gasteiger partial charge < -0.3 is 4.90 Å². The van der Waals surface area contributed by atoms with E-state index in [1.165, 1.54) is 6.42 Å². The van der Waals surface area contributed by atoms with E-state index >= 15 is 0 Å². The van der Waals surface area contributed by atoms with E-state index in [1.54, 1.807) is 0 Å². The summed E-state index contributed by atoms with van der Waals surface area (Å²) in [4.78, 5) is 13.7. The van der Waals surface area contributed by atoms with Crippen LogP contribution in [0.2, 0.25) is 0 Å². The smallest absolute Gasteiger partial charge is 0.235 e. The molecule has 1 aliphatic heterocycles. The molecule has 1 fully saturated rings. The van der Waals surface area contributed by atoms with Gasteiger partial charge in [0.05, 0.1) is 5.25 Å². The lowest BCUT2D eigenvalue weighted by Gasteiger charge is -2.24. The molecule has 2 nitrogen and oxygen atoms in total. The Balaban J connectivity index is 2.54. The standard InChI is InChI=1S/C11H21NOS/c1-9(14)10(13)12-7-4-5-11(2,3)6-8-12/h9,14H,4-8H2,1-3H3. The molecule has 1 aliphatic rings. The van der Waals surface area contributed by atoms with E-state index in [-0.39, 0.29) is 11.2 Å². The van der Waals surface area contributed by atoms with Crippen LogP contribution in [0, 0.1) is 5.41 Å². The number of carbonyl (C=O) groups is 1. The van der Waals surface area contributed by atoms with Crippen LogP contribution in [0.4, 0.5) is 0 Å². The third kappa shape index (κ3) is 3.19. The molecule has 1 heterocycles. The molecule has 0 bridgehead atoms. The van der Waals surface area contributed by atoms with Gasteiger partial charge in [-0.05, 0) is 31.6 Å². The number of hydrogen-bond donors (Lipinski definition) is 1. The van der Waals surface area contributed by atoms with E-state index in [1.807, 2.05) is 11.8 Å². The Kier molecular flexibility index (Phi) is 3.87. The average Bonchev–Trinajstić information content (AvgIpc) is 2.25. The van der Waals surface area contributed by atoms with Crippen molar-refractivity contribution in [2.75, 3.05) is 13.1 Å². The number of likely N-dealkylation sites (tertiary alicyclic amines) is 1. The van der Waals surface area contributed by atoms with Gasteiger partial charge in [-0.3, -0.25) is 4.79 Å². The SMILES string of the molecule is CC(S)C(=O)N1CCCC(C)(C)CC1. The minimum Gasteiger partial charge on any atom is -0.342 e. The van der Waals surface area contributed by atoms with Crippen molar-refractivity contribution in [3.63, 3.8) is 0 Å². The van der Waals surface area contributed by atoms with Crippen LogP contribution in [0.15, 0.2) is 0 Å². The lowest BCUT2D eigenvalue weighted by atomic mass is 9.85. The molecule has 0 aromatic carbocycles. The number of rotatable bonds is 1. The number of amides is 1. The Hall–Kier alpha value is -0.180. The van der Waals surface area contributed by atoms with Gasteiger partial charge in [-0.25, -0.2) is 0 Å². The van der Waals surface area contributed by atoms with E-state index in [2.05, 4.69) is 26.5 Å². The second kappa shape index (κ2) is 4.56. The van der Waals surface area contributed by atoms with Gasteiger partial charge >= 0.3 is 0 Å². The molecule has 0 aromatic heterocycles. The Labute approximate surface area is 92.5 Å². The molecule has 1 saturated heterocycles. The predicted molar refractivity (Wildman–Crippen MR) is 62.7 cm³/mol. The molecule has 0 aliphatic carbocycles. The van der Waals surface area contributed by atoms with Crippen molar-refractivity contribution in [2.24, 2.45) is 5.41 Å². The van der Waals surface area contributed by atoms with Gasteiger partial charge in [-0.2, -0.15) is 12.6 Å². The van der Waals surface area contributed by atoms with Crippen molar-refractivity contribution >= 4 is 18.5 Å². The Morgan fingerprint density at radius 2 is 2.00 bits per heavy atom. The van der Waals surface area contributed by atoms with Crippen molar-refractivity contribution in [1.82, 2.24) is 4.90 Å². The van der Waals surface area contributed by atoms with Crippen LogP contribution in [-0.2, 0) is 4.79 Å². The fourth-order valence-electron chi connectivity index (χ4n) is 1.91. The Morgan fingerprint density at radius 1 is 1.36 bits per heavy atom. The molecule has 1 amide bonds. The summed E-state index contributed by atoms with van der Waals surface area (Å²) in [5.74, 6) is 0.186. The lowest BCUT2D eigenvalue weighted by Crippen LogP contribution is -2.36. The van der Waals surface area contributed by atoms with E-state index in [0.29, 0.717) is 5.41 Å². The summed E-state index contributed by atoms with van der Waals surface area (Å²) in [5.41, 5.74) is 0.398. The highest BCUT2D eigenvalue weighted by atomic mass is 32.1. The predicted octanol–water partition coefficient (Wildman–Crippen LogP) is 2.34. The molecule has 82 valence electrons. The van der Waals surface area contributed by atoms with Gasteiger partial charge in [-0.15, -0.1) is 0 Å². The Bertz CT molecular complexity index is 213. The topological polar surface area (TPSA) is 20.3 Å². The first-order valence-corrected chi connectivity index (χ1v) is 5.91. The highest BCUT2D eigenvalue weighted by Crippen LogP contribution is 2.29. The molecular formula is C11H21NOS. The number of nitrogens with zero attached hydrogens (tertiary/aromatic N) is 1. The van der Waals surface area contributed by atoms with E-state index < -0.39 is 0 Å². The molecule has 0 N–H and O–H groups in total. The van der Waals surface area contributed by atoms with Crippen molar-refractivity contribution in [3.05, 3.63) is 0 Å². The minimum absolute atomic E-state index is 0.156. The van der Waals surface area contributed by atoms with Crippen LogP contribution in [0.25, 0.3) is 0 Å². The molecule has 1 unspecified atom stereocenters. The summed E-state index contributed by atoms with van der Waals surface area (Å²) < 4.78 is 0. The van der Waals surface area contributed by atoms with Gasteiger partial charge in [-0.1, -0.05) is 13.8 Å². The summed E-state index contributed by atoms with van der Waals surface area (Å²) >= 11 is 4.19. The maximum atomic E-state index is 11.7. The van der Waals surface area contributed by atoms with E-state index in [0.717, 1.165) is 25.9 Å². The monoisotopic (exact) mass is 215 g/mol. The first kappa shape index (κ1) is 11.9. The van der Waals surface area contributed by atoms with Crippen LogP contribution < -0.4 is 0 Å². The first-order chi connectivity index (χ1) is 6.42. The van der Waals surface area contributed by atoms with Gasteiger partial charge in [0.25, 0.3) is 0 Å². The van der Waals surface area contributed by atoms with Crippen LogP contribution >= 0.6 is 12.6 Å². The lowest BCUT2D eigenvalue weighted by molar-refractivity contribution is -0.130. The minimum atomic E-state index is -0.156. The molecule has 1 atom stereocenters. The van der Waals surface area contributed by atoms with E-state index in [4.69, 9.17) is 0 Å². The summed E-state index contributed by atoms with van der Waals surface area (Å²) in [5, 5.41) is -0.156. The normalized spacial score (nSPS) is 24.1. The van der Waals surface area contributed by atoms with Crippen LogP contribution in [0.3, 0.4) is 0 Å². The van der Waals surface area contributed by atoms with Crippen LogP contribution in [0.1, 0.15) is 40.0 Å². The fourth-order valence-corrected chi connectivity index (χ4v) is 2.07. The fraction of sp³-hybridized carbons (Fsp3) is 0.909. The van der Waals surface area contributed by atoms with Crippen molar-refractivity contribution in [3.8, 4) is 0 Å². The zero-order valence-corrected chi connectivity index (χ0v) is 10.3.